The summed E-state index contributed by atoms with van der Waals surface area (Å²) in [5, 5.41) is 11.6. The summed E-state index contributed by atoms with van der Waals surface area (Å²) in [6, 6.07) is 13.9. The molecule has 0 bridgehead atoms. The van der Waals surface area contributed by atoms with Crippen LogP contribution in [-0.4, -0.2) is 32.1 Å². The molecule has 0 radical (unpaired) electrons. The molecule has 1 aliphatic rings. The molecule has 6 heteroatoms. The molecule has 1 aliphatic carbocycles. The molecule has 2 heterocycles. The van der Waals surface area contributed by atoms with E-state index >= 15 is 0 Å². The van der Waals surface area contributed by atoms with Gasteiger partial charge in [-0.05, 0) is 43.2 Å². The van der Waals surface area contributed by atoms with Gasteiger partial charge in [-0.15, -0.1) is 0 Å². The molecule has 0 saturated heterocycles. The summed E-state index contributed by atoms with van der Waals surface area (Å²) in [6.07, 6.45) is 5.83. The Balaban J connectivity index is 1.44. The molecule has 0 unspecified atom stereocenters. The number of nitrogens with zero attached hydrogens (tertiary/aromatic N) is 2. The second kappa shape index (κ2) is 6.54. The van der Waals surface area contributed by atoms with E-state index in [0.717, 1.165) is 46.3 Å². The summed E-state index contributed by atoms with van der Waals surface area (Å²) in [4.78, 5) is 20.5. The topological polar surface area (TPSA) is 86.5 Å². The van der Waals surface area contributed by atoms with Gasteiger partial charge in [0.05, 0.1) is 16.6 Å². The lowest BCUT2D eigenvalue weighted by atomic mass is 9.95. The van der Waals surface area contributed by atoms with E-state index in [0.29, 0.717) is 11.6 Å². The molecule has 3 N–H and O–H groups in total. The van der Waals surface area contributed by atoms with Gasteiger partial charge >= 0.3 is 0 Å². The molecule has 2 aromatic carbocycles. The molecule has 6 nitrogen and oxygen atoms in total. The van der Waals surface area contributed by atoms with Crippen molar-refractivity contribution in [3.8, 4) is 11.5 Å². The largest absolute Gasteiger partial charge is 0.349 e. The molecular weight excluding hydrogens is 338 g/mol. The molecular formula is C21H21N5O. The SMILES string of the molecule is O=C(NC1CCCCC1)c1ccc2c(-c3nc4ccccc4[nH]3)n[nH]c2c1. The van der Waals surface area contributed by atoms with E-state index in [2.05, 4.69) is 25.5 Å². The number of para-hydroxylation sites is 2. The standard InChI is InChI=1S/C21H21N5O/c27-21(22-14-6-2-1-3-7-14)13-10-11-15-18(12-13)25-26-19(15)20-23-16-8-4-5-9-17(16)24-20/h4-5,8-12,14H,1-3,6-7H2,(H,22,27)(H,23,24)(H,25,26). The second-order valence-corrected chi connectivity index (χ2v) is 7.24. The van der Waals surface area contributed by atoms with Gasteiger partial charge in [0.15, 0.2) is 5.82 Å². The molecule has 1 saturated carbocycles. The number of hydrogen-bond acceptors (Lipinski definition) is 3. The van der Waals surface area contributed by atoms with Crippen molar-refractivity contribution in [1.82, 2.24) is 25.5 Å². The average molecular weight is 359 g/mol. The highest BCUT2D eigenvalue weighted by molar-refractivity contribution is 6.00. The molecule has 2 aromatic heterocycles. The van der Waals surface area contributed by atoms with Crippen molar-refractivity contribution in [3.05, 3.63) is 48.0 Å². The molecule has 0 aliphatic heterocycles. The Morgan fingerprint density at radius 3 is 2.74 bits per heavy atom. The van der Waals surface area contributed by atoms with E-state index in [-0.39, 0.29) is 5.91 Å². The van der Waals surface area contributed by atoms with Crippen molar-refractivity contribution in [2.24, 2.45) is 0 Å². The van der Waals surface area contributed by atoms with Crippen LogP contribution in [0.3, 0.4) is 0 Å². The van der Waals surface area contributed by atoms with Gasteiger partial charge in [0.1, 0.15) is 5.69 Å². The number of rotatable bonds is 3. The fraction of sp³-hybridized carbons (Fsp3) is 0.286. The summed E-state index contributed by atoms with van der Waals surface area (Å²) in [5.41, 5.74) is 4.15. The van der Waals surface area contributed by atoms with Gasteiger partial charge in [-0.25, -0.2) is 4.98 Å². The molecule has 1 amide bonds. The van der Waals surface area contributed by atoms with Crippen LogP contribution in [0, 0.1) is 0 Å². The third-order valence-corrected chi connectivity index (χ3v) is 5.38. The summed E-state index contributed by atoms with van der Waals surface area (Å²) >= 11 is 0. The first kappa shape index (κ1) is 16.1. The quantitative estimate of drug-likeness (QED) is 0.513. The Morgan fingerprint density at radius 2 is 1.89 bits per heavy atom. The number of H-pyrrole nitrogens is 2. The molecule has 0 atom stereocenters. The zero-order chi connectivity index (χ0) is 18.2. The van der Waals surface area contributed by atoms with Gasteiger partial charge in [-0.1, -0.05) is 31.4 Å². The zero-order valence-corrected chi connectivity index (χ0v) is 15.0. The Hall–Kier alpha value is -3.15. The Morgan fingerprint density at radius 1 is 1.04 bits per heavy atom. The smallest absolute Gasteiger partial charge is 0.251 e. The van der Waals surface area contributed by atoms with Crippen LogP contribution in [-0.2, 0) is 0 Å². The van der Waals surface area contributed by atoms with Gasteiger partial charge in [-0.3, -0.25) is 9.89 Å². The number of amides is 1. The summed E-state index contributed by atoms with van der Waals surface area (Å²) in [7, 11) is 0. The van der Waals surface area contributed by atoms with Crippen molar-refractivity contribution >= 4 is 27.8 Å². The first-order chi connectivity index (χ1) is 13.3. The van der Waals surface area contributed by atoms with Crippen molar-refractivity contribution in [3.63, 3.8) is 0 Å². The summed E-state index contributed by atoms with van der Waals surface area (Å²) in [6.45, 7) is 0. The molecule has 136 valence electrons. The third-order valence-electron chi connectivity index (χ3n) is 5.38. The average Bonchev–Trinajstić information content (AvgIpc) is 3.31. The number of aromatic amines is 2. The number of benzene rings is 2. The van der Waals surface area contributed by atoms with Crippen LogP contribution in [0.4, 0.5) is 0 Å². The van der Waals surface area contributed by atoms with Gasteiger partial charge in [0, 0.05) is 17.0 Å². The zero-order valence-electron chi connectivity index (χ0n) is 15.0. The number of carbonyl (C=O) groups is 1. The second-order valence-electron chi connectivity index (χ2n) is 7.24. The summed E-state index contributed by atoms with van der Waals surface area (Å²) in [5.74, 6) is 0.713. The van der Waals surface area contributed by atoms with Crippen LogP contribution < -0.4 is 5.32 Å². The van der Waals surface area contributed by atoms with E-state index in [1.807, 2.05) is 42.5 Å². The van der Waals surface area contributed by atoms with E-state index < -0.39 is 0 Å². The fourth-order valence-corrected chi connectivity index (χ4v) is 3.92. The highest BCUT2D eigenvalue weighted by Crippen LogP contribution is 2.27. The molecule has 27 heavy (non-hydrogen) atoms. The van der Waals surface area contributed by atoms with E-state index in [4.69, 9.17) is 0 Å². The first-order valence-electron chi connectivity index (χ1n) is 9.52. The van der Waals surface area contributed by atoms with Crippen LogP contribution in [0.15, 0.2) is 42.5 Å². The van der Waals surface area contributed by atoms with Crippen molar-refractivity contribution in [2.45, 2.75) is 38.1 Å². The van der Waals surface area contributed by atoms with E-state index in [1.165, 1.54) is 19.3 Å². The van der Waals surface area contributed by atoms with Gasteiger partial charge in [0.2, 0.25) is 0 Å². The summed E-state index contributed by atoms with van der Waals surface area (Å²) < 4.78 is 0. The van der Waals surface area contributed by atoms with E-state index in [9.17, 15) is 4.79 Å². The maximum absolute atomic E-state index is 12.6. The number of hydrogen-bond donors (Lipinski definition) is 3. The maximum atomic E-state index is 12.6. The number of fused-ring (bicyclic) bond motifs is 2. The van der Waals surface area contributed by atoms with Crippen LogP contribution in [0.5, 0.6) is 0 Å². The molecule has 0 spiro atoms. The van der Waals surface area contributed by atoms with Gasteiger partial charge < -0.3 is 10.3 Å². The Kier molecular flexibility index (Phi) is 3.89. The predicted octanol–water partition coefficient (Wildman–Crippen LogP) is 4.17. The first-order valence-corrected chi connectivity index (χ1v) is 9.52. The lowest BCUT2D eigenvalue weighted by Crippen LogP contribution is -2.36. The number of imidazole rings is 1. The third kappa shape index (κ3) is 2.97. The lowest BCUT2D eigenvalue weighted by Gasteiger charge is -2.22. The number of aromatic nitrogens is 4. The van der Waals surface area contributed by atoms with Crippen LogP contribution >= 0.6 is 0 Å². The van der Waals surface area contributed by atoms with Crippen LogP contribution in [0.2, 0.25) is 0 Å². The minimum atomic E-state index is -0.0105. The van der Waals surface area contributed by atoms with Crippen molar-refractivity contribution < 1.29 is 4.79 Å². The Labute approximate surface area is 156 Å². The maximum Gasteiger partial charge on any atom is 0.251 e. The minimum absolute atomic E-state index is 0.0105. The lowest BCUT2D eigenvalue weighted by molar-refractivity contribution is 0.0928. The number of carbonyl (C=O) groups excluding carboxylic acids is 1. The molecule has 1 fully saturated rings. The predicted molar refractivity (Wildman–Crippen MR) is 106 cm³/mol. The molecule has 4 aromatic rings. The monoisotopic (exact) mass is 359 g/mol. The van der Waals surface area contributed by atoms with E-state index in [1.54, 1.807) is 0 Å². The minimum Gasteiger partial charge on any atom is -0.349 e. The van der Waals surface area contributed by atoms with Crippen molar-refractivity contribution in [1.29, 1.82) is 0 Å². The number of nitrogens with one attached hydrogen (secondary N) is 3. The van der Waals surface area contributed by atoms with Gasteiger partial charge in [0.25, 0.3) is 5.91 Å². The van der Waals surface area contributed by atoms with Crippen molar-refractivity contribution in [2.75, 3.05) is 0 Å². The highest BCUT2D eigenvalue weighted by atomic mass is 16.1. The highest BCUT2D eigenvalue weighted by Gasteiger charge is 2.18. The van der Waals surface area contributed by atoms with Crippen LogP contribution in [0.25, 0.3) is 33.5 Å². The van der Waals surface area contributed by atoms with Crippen LogP contribution in [0.1, 0.15) is 42.5 Å². The normalized spacial score (nSPS) is 15.4. The fourth-order valence-electron chi connectivity index (χ4n) is 3.92. The molecule has 5 rings (SSSR count). The van der Waals surface area contributed by atoms with Gasteiger partial charge in [-0.2, -0.15) is 5.10 Å². The Bertz CT molecular complexity index is 1090.